The van der Waals surface area contributed by atoms with Crippen LogP contribution in [0.5, 0.6) is 11.5 Å². The summed E-state index contributed by atoms with van der Waals surface area (Å²) in [5.41, 5.74) is 0.943. The number of thiazole rings is 1. The van der Waals surface area contributed by atoms with Crippen LogP contribution in [0.1, 0.15) is 18.7 Å². The highest BCUT2D eigenvalue weighted by Crippen LogP contribution is 2.38. The minimum atomic E-state index is -4.62. The summed E-state index contributed by atoms with van der Waals surface area (Å²) in [5, 5.41) is 6.97. The Kier molecular flexibility index (Phi) is 10.4. The number of aromatic nitrogens is 3. The van der Waals surface area contributed by atoms with E-state index >= 15 is 0 Å². The van der Waals surface area contributed by atoms with E-state index in [1.165, 1.54) is 43.0 Å². The summed E-state index contributed by atoms with van der Waals surface area (Å²) in [5.74, 6) is 0.585. The molecule has 0 bridgehead atoms. The van der Waals surface area contributed by atoms with Crippen molar-refractivity contribution in [1.29, 1.82) is 0 Å². The number of carbonyl (C=O) groups is 1. The zero-order chi connectivity index (χ0) is 30.3. The molecule has 0 saturated heterocycles. The van der Waals surface area contributed by atoms with Crippen LogP contribution >= 0.6 is 19.2 Å². The maximum Gasteiger partial charge on any atom is 0.471 e. The zero-order valence-electron chi connectivity index (χ0n) is 23.0. The summed E-state index contributed by atoms with van der Waals surface area (Å²) in [6.07, 6.45) is 2.23. The molecule has 0 radical (unpaired) electrons. The van der Waals surface area contributed by atoms with Crippen LogP contribution in [0.25, 0.3) is 10.9 Å². The number of methoxy groups -OCH3 is 1. The third-order valence-electron chi connectivity index (χ3n) is 5.99. The number of ether oxygens (including phenoxy) is 2. The summed E-state index contributed by atoms with van der Waals surface area (Å²) in [7, 11) is -3.12. The third kappa shape index (κ3) is 8.64. The molecule has 0 aliphatic carbocycles. The van der Waals surface area contributed by atoms with Gasteiger partial charge in [0.1, 0.15) is 30.8 Å². The second kappa shape index (κ2) is 14.0. The van der Waals surface area contributed by atoms with Crippen LogP contribution in [0.2, 0.25) is 0 Å². The number of halogens is 1. The quantitative estimate of drug-likeness (QED) is 0.117. The Bertz CT molecular complexity index is 1590. The first-order valence-corrected chi connectivity index (χ1v) is 15.1. The highest BCUT2D eigenvalue weighted by atomic mass is 32.1. The Morgan fingerprint density at radius 1 is 1.19 bits per heavy atom. The summed E-state index contributed by atoms with van der Waals surface area (Å²) in [6, 6.07) is 9.10. The van der Waals surface area contributed by atoms with Crippen molar-refractivity contribution in [2.45, 2.75) is 26.5 Å². The van der Waals surface area contributed by atoms with E-state index in [9.17, 15) is 13.8 Å². The number of likely N-dealkylation sites (N-methyl/N-ethyl adjacent to an activating group) is 1. The van der Waals surface area contributed by atoms with Crippen LogP contribution in [0.15, 0.2) is 48.9 Å². The maximum atomic E-state index is 13.4. The first-order chi connectivity index (χ1) is 20.0. The minimum absolute atomic E-state index is 0.0641. The Morgan fingerprint density at radius 3 is 2.71 bits per heavy atom. The second-order valence-electron chi connectivity index (χ2n) is 8.91. The van der Waals surface area contributed by atoms with Crippen LogP contribution in [0.4, 0.5) is 21.0 Å². The van der Waals surface area contributed by atoms with Crippen molar-refractivity contribution in [1.82, 2.24) is 19.9 Å². The SMILES string of the molecule is CCN(CCOc1cc2ncnc(Nc3ncc(CC(=O)Nc4cccc(F)c4)s3)c2cc1OC)C(C)OP(=O)(O)O. The lowest BCUT2D eigenvalue weighted by Gasteiger charge is -2.27. The number of carbonyl (C=O) groups excluding carboxylic acids is 1. The van der Waals surface area contributed by atoms with Gasteiger partial charge in [-0.25, -0.2) is 23.9 Å². The first-order valence-electron chi connectivity index (χ1n) is 12.7. The molecule has 224 valence electrons. The van der Waals surface area contributed by atoms with Gasteiger partial charge in [-0.3, -0.25) is 14.2 Å². The number of hydrogen-bond donors (Lipinski definition) is 4. The average molecular weight is 621 g/mol. The van der Waals surface area contributed by atoms with Gasteiger partial charge < -0.3 is 29.9 Å². The Balaban J connectivity index is 1.42. The van der Waals surface area contributed by atoms with Crippen LogP contribution in [-0.4, -0.2) is 68.6 Å². The molecule has 2 aromatic carbocycles. The van der Waals surface area contributed by atoms with E-state index in [1.54, 1.807) is 36.2 Å². The fraction of sp³-hybridized carbons (Fsp3) is 0.308. The standard InChI is InChI=1S/C26H30FN6O7PS/c1-4-33(16(2)40-41(35,36)37)8-9-39-23-13-21-20(12-22(23)38-3)25(30-15-29-21)32-26-28-14-19(42-26)11-24(34)31-18-7-5-6-17(27)10-18/h5-7,10,12-16H,4,8-9,11H2,1-3H3,(H,31,34)(H2,35,36,37)(H,28,29,30,32). The van der Waals surface area contributed by atoms with Crippen molar-refractivity contribution in [3.8, 4) is 11.5 Å². The van der Waals surface area contributed by atoms with Crippen molar-refractivity contribution in [2.24, 2.45) is 0 Å². The number of phosphoric acid groups is 1. The Hall–Kier alpha value is -3.72. The largest absolute Gasteiger partial charge is 0.493 e. The van der Waals surface area contributed by atoms with Crippen LogP contribution < -0.4 is 20.1 Å². The van der Waals surface area contributed by atoms with Gasteiger partial charge in [0.25, 0.3) is 0 Å². The van der Waals surface area contributed by atoms with Gasteiger partial charge in [0, 0.05) is 34.8 Å². The molecule has 0 aliphatic heterocycles. The van der Waals surface area contributed by atoms with Crippen molar-refractivity contribution in [3.05, 3.63) is 59.6 Å². The molecule has 1 unspecified atom stereocenters. The summed E-state index contributed by atoms with van der Waals surface area (Å²) in [6.45, 7) is 4.40. The van der Waals surface area contributed by atoms with Crippen LogP contribution in [-0.2, 0) is 20.3 Å². The molecule has 0 aliphatic rings. The number of nitrogens with one attached hydrogen (secondary N) is 2. The normalized spacial score (nSPS) is 12.4. The van der Waals surface area contributed by atoms with Gasteiger partial charge in [0.15, 0.2) is 16.6 Å². The number of amides is 1. The fourth-order valence-electron chi connectivity index (χ4n) is 4.05. The third-order valence-corrected chi connectivity index (χ3v) is 7.48. The molecule has 13 nitrogen and oxygen atoms in total. The molecular formula is C26H30FN6O7PS. The number of benzene rings is 2. The van der Waals surface area contributed by atoms with E-state index in [0.717, 1.165) is 0 Å². The van der Waals surface area contributed by atoms with Gasteiger partial charge in [-0.15, -0.1) is 11.3 Å². The van der Waals surface area contributed by atoms with Gasteiger partial charge in [0.05, 0.1) is 19.0 Å². The number of rotatable bonds is 14. The lowest BCUT2D eigenvalue weighted by Crippen LogP contribution is -2.37. The topological polar surface area (TPSA) is 168 Å². The number of anilines is 3. The predicted octanol–water partition coefficient (Wildman–Crippen LogP) is 4.31. The average Bonchev–Trinajstić information content (AvgIpc) is 3.36. The summed E-state index contributed by atoms with van der Waals surface area (Å²) < 4.78 is 40.8. The summed E-state index contributed by atoms with van der Waals surface area (Å²) >= 11 is 1.28. The Morgan fingerprint density at radius 2 is 2.00 bits per heavy atom. The number of hydrogen-bond acceptors (Lipinski definition) is 11. The monoisotopic (exact) mass is 620 g/mol. The lowest BCUT2D eigenvalue weighted by molar-refractivity contribution is -0.115. The molecule has 2 heterocycles. The highest BCUT2D eigenvalue weighted by molar-refractivity contribution is 7.46. The van der Waals surface area contributed by atoms with Gasteiger partial charge in [-0.1, -0.05) is 13.0 Å². The highest BCUT2D eigenvalue weighted by Gasteiger charge is 2.23. The van der Waals surface area contributed by atoms with E-state index in [0.29, 0.717) is 57.0 Å². The van der Waals surface area contributed by atoms with Gasteiger partial charge in [0.2, 0.25) is 5.91 Å². The van der Waals surface area contributed by atoms with Gasteiger partial charge in [-0.2, -0.15) is 0 Å². The number of fused-ring (bicyclic) bond motifs is 1. The maximum absolute atomic E-state index is 13.4. The number of phosphoric ester groups is 1. The molecule has 1 amide bonds. The molecule has 0 spiro atoms. The molecule has 42 heavy (non-hydrogen) atoms. The molecule has 0 saturated carbocycles. The molecule has 2 aromatic heterocycles. The lowest BCUT2D eigenvalue weighted by atomic mass is 10.2. The molecule has 16 heteroatoms. The molecule has 4 rings (SSSR count). The van der Waals surface area contributed by atoms with Crippen molar-refractivity contribution in [3.63, 3.8) is 0 Å². The van der Waals surface area contributed by atoms with Crippen molar-refractivity contribution < 1.29 is 37.5 Å². The molecule has 4 aromatic rings. The smallest absolute Gasteiger partial charge is 0.471 e. The minimum Gasteiger partial charge on any atom is -0.493 e. The van der Waals surface area contributed by atoms with Gasteiger partial charge in [-0.05, 0) is 37.7 Å². The van der Waals surface area contributed by atoms with E-state index < -0.39 is 19.9 Å². The summed E-state index contributed by atoms with van der Waals surface area (Å²) in [4.78, 5) is 46.0. The number of nitrogens with zero attached hydrogens (tertiary/aromatic N) is 4. The Labute approximate surface area is 244 Å². The molecule has 0 fully saturated rings. The van der Waals surface area contributed by atoms with Crippen molar-refractivity contribution in [2.75, 3.05) is 37.4 Å². The van der Waals surface area contributed by atoms with Crippen LogP contribution in [0, 0.1) is 5.82 Å². The van der Waals surface area contributed by atoms with Crippen molar-refractivity contribution >= 4 is 52.6 Å². The fourth-order valence-corrected chi connectivity index (χ4v) is 5.39. The first kappa shape index (κ1) is 31.2. The zero-order valence-corrected chi connectivity index (χ0v) is 24.7. The van der Waals surface area contributed by atoms with Gasteiger partial charge >= 0.3 is 7.82 Å². The second-order valence-corrected chi connectivity index (χ2v) is 11.2. The molecule has 4 N–H and O–H groups in total. The molecule has 1 atom stereocenters. The van der Waals surface area contributed by atoms with E-state index in [-0.39, 0.29) is 18.9 Å². The predicted molar refractivity (Wildman–Crippen MR) is 156 cm³/mol. The van der Waals surface area contributed by atoms with E-state index in [1.807, 2.05) is 6.92 Å². The molecular weight excluding hydrogens is 590 g/mol. The van der Waals surface area contributed by atoms with E-state index in [2.05, 4.69) is 25.6 Å². The van der Waals surface area contributed by atoms with Crippen LogP contribution in [0.3, 0.4) is 0 Å². The van der Waals surface area contributed by atoms with E-state index in [4.69, 9.17) is 23.8 Å².